The fourth-order valence-corrected chi connectivity index (χ4v) is 2.06. The number of rotatable bonds is 5. The Hall–Kier alpha value is -2.68. The molecule has 106 valence electrons. The van der Waals surface area contributed by atoms with E-state index in [1.165, 1.54) is 13.0 Å². The third-order valence-electron chi connectivity index (χ3n) is 2.92. The van der Waals surface area contributed by atoms with E-state index in [9.17, 15) is 9.59 Å². The zero-order chi connectivity index (χ0) is 15.2. The summed E-state index contributed by atoms with van der Waals surface area (Å²) in [6, 6.07) is 16.4. The summed E-state index contributed by atoms with van der Waals surface area (Å²) in [6.07, 6.45) is 1.52. The maximum Gasteiger partial charge on any atom is 0.193 e. The summed E-state index contributed by atoms with van der Waals surface area (Å²) in [4.78, 5) is 23.4. The molecule has 3 heteroatoms. The Balaban J connectivity index is 2.22. The maximum absolute atomic E-state index is 12.4. The highest BCUT2D eigenvalue weighted by Crippen LogP contribution is 2.16. The number of hydrogen-bond donors (Lipinski definition) is 1. The molecule has 2 aromatic rings. The van der Waals surface area contributed by atoms with Crippen molar-refractivity contribution >= 4 is 17.3 Å². The molecule has 0 aromatic heterocycles. The first-order chi connectivity index (χ1) is 10.1. The Bertz CT molecular complexity index is 687. The Morgan fingerprint density at radius 1 is 0.905 bits per heavy atom. The quantitative estimate of drug-likeness (QED) is 0.668. The molecular weight excluding hydrogens is 262 g/mol. The van der Waals surface area contributed by atoms with Gasteiger partial charge in [-0.15, -0.1) is 0 Å². The van der Waals surface area contributed by atoms with Gasteiger partial charge in [0, 0.05) is 22.5 Å². The van der Waals surface area contributed by atoms with Crippen LogP contribution in [0.2, 0.25) is 0 Å². The first kappa shape index (κ1) is 14.7. The monoisotopic (exact) mass is 279 g/mol. The SMILES string of the molecule is CC(=O)/C=C(/C)Nc1cccc(C(=O)c2ccccc2)c1. The van der Waals surface area contributed by atoms with E-state index in [4.69, 9.17) is 0 Å². The largest absolute Gasteiger partial charge is 0.359 e. The summed E-state index contributed by atoms with van der Waals surface area (Å²) in [5.74, 6) is -0.0380. The molecular formula is C18H17NO2. The van der Waals surface area contributed by atoms with Crippen molar-refractivity contribution in [3.63, 3.8) is 0 Å². The van der Waals surface area contributed by atoms with E-state index in [0.717, 1.165) is 11.4 Å². The van der Waals surface area contributed by atoms with Gasteiger partial charge >= 0.3 is 0 Å². The number of hydrogen-bond acceptors (Lipinski definition) is 3. The van der Waals surface area contributed by atoms with Crippen molar-refractivity contribution < 1.29 is 9.59 Å². The van der Waals surface area contributed by atoms with Crippen LogP contribution in [-0.2, 0) is 4.79 Å². The van der Waals surface area contributed by atoms with E-state index < -0.39 is 0 Å². The van der Waals surface area contributed by atoms with Crippen molar-refractivity contribution in [2.45, 2.75) is 13.8 Å². The lowest BCUT2D eigenvalue weighted by Crippen LogP contribution is -2.03. The second kappa shape index (κ2) is 6.66. The van der Waals surface area contributed by atoms with Crippen molar-refractivity contribution in [1.29, 1.82) is 0 Å². The molecule has 0 amide bonds. The molecule has 0 unspecified atom stereocenters. The Morgan fingerprint density at radius 3 is 2.24 bits per heavy atom. The van der Waals surface area contributed by atoms with Gasteiger partial charge in [0.1, 0.15) is 0 Å². The van der Waals surface area contributed by atoms with Gasteiger partial charge in [-0.3, -0.25) is 9.59 Å². The summed E-state index contributed by atoms with van der Waals surface area (Å²) in [7, 11) is 0. The van der Waals surface area contributed by atoms with Crippen LogP contribution in [0.4, 0.5) is 5.69 Å². The zero-order valence-corrected chi connectivity index (χ0v) is 12.1. The molecule has 3 nitrogen and oxygen atoms in total. The zero-order valence-electron chi connectivity index (χ0n) is 12.1. The standard InChI is InChI=1S/C18H17NO2/c1-13(11-14(2)20)19-17-10-6-9-16(12-17)18(21)15-7-4-3-5-8-15/h3-12,19H,1-2H3/b13-11-. The van der Waals surface area contributed by atoms with Gasteiger partial charge in [-0.05, 0) is 32.1 Å². The number of benzene rings is 2. The number of allylic oxidation sites excluding steroid dienone is 2. The predicted octanol–water partition coefficient (Wildman–Crippen LogP) is 3.82. The Morgan fingerprint density at radius 2 is 1.57 bits per heavy atom. The van der Waals surface area contributed by atoms with E-state index in [1.54, 1.807) is 24.3 Å². The maximum atomic E-state index is 12.4. The molecule has 0 aliphatic heterocycles. The number of nitrogens with one attached hydrogen (secondary N) is 1. The lowest BCUT2D eigenvalue weighted by atomic mass is 10.0. The van der Waals surface area contributed by atoms with Gasteiger partial charge in [-0.2, -0.15) is 0 Å². The van der Waals surface area contributed by atoms with Crippen LogP contribution in [0.5, 0.6) is 0 Å². The summed E-state index contributed by atoms with van der Waals surface area (Å²) < 4.78 is 0. The highest BCUT2D eigenvalue weighted by molar-refractivity contribution is 6.09. The van der Waals surface area contributed by atoms with Gasteiger partial charge in [0.05, 0.1) is 0 Å². The normalized spacial score (nSPS) is 11.0. The molecule has 0 aliphatic carbocycles. The van der Waals surface area contributed by atoms with Crippen molar-refractivity contribution in [1.82, 2.24) is 0 Å². The fraction of sp³-hybridized carbons (Fsp3) is 0.111. The van der Waals surface area contributed by atoms with Crippen LogP contribution in [0.25, 0.3) is 0 Å². The molecule has 0 bridgehead atoms. The van der Waals surface area contributed by atoms with Gasteiger partial charge in [0.15, 0.2) is 11.6 Å². The minimum absolute atomic E-state index is 0.0171. The van der Waals surface area contributed by atoms with Gasteiger partial charge in [0.25, 0.3) is 0 Å². The molecule has 2 rings (SSSR count). The number of ketones is 2. The lowest BCUT2D eigenvalue weighted by molar-refractivity contribution is -0.112. The van der Waals surface area contributed by atoms with Crippen LogP contribution in [0, 0.1) is 0 Å². The summed E-state index contributed by atoms with van der Waals surface area (Å²) in [5, 5.41) is 3.11. The molecule has 0 fully saturated rings. The molecule has 1 N–H and O–H groups in total. The molecule has 0 saturated carbocycles. The third-order valence-corrected chi connectivity index (χ3v) is 2.92. The fourth-order valence-electron chi connectivity index (χ4n) is 2.06. The highest BCUT2D eigenvalue weighted by atomic mass is 16.1. The van der Waals surface area contributed by atoms with Crippen LogP contribution in [0.3, 0.4) is 0 Å². The average molecular weight is 279 g/mol. The van der Waals surface area contributed by atoms with Crippen LogP contribution in [-0.4, -0.2) is 11.6 Å². The van der Waals surface area contributed by atoms with Crippen molar-refractivity contribution in [3.8, 4) is 0 Å². The minimum Gasteiger partial charge on any atom is -0.359 e. The second-order valence-electron chi connectivity index (χ2n) is 4.84. The summed E-state index contributed by atoms with van der Waals surface area (Å²) in [6.45, 7) is 3.31. The van der Waals surface area contributed by atoms with E-state index in [-0.39, 0.29) is 11.6 Å². The molecule has 0 saturated heterocycles. The molecule has 0 heterocycles. The first-order valence-electron chi connectivity index (χ1n) is 6.72. The van der Waals surface area contributed by atoms with Gasteiger partial charge < -0.3 is 5.32 Å². The van der Waals surface area contributed by atoms with Crippen molar-refractivity contribution in [2.24, 2.45) is 0 Å². The lowest BCUT2D eigenvalue weighted by Gasteiger charge is -2.08. The molecule has 0 aliphatic rings. The Kier molecular flexibility index (Phi) is 4.67. The minimum atomic E-state index is -0.0209. The van der Waals surface area contributed by atoms with Crippen LogP contribution < -0.4 is 5.32 Å². The van der Waals surface area contributed by atoms with Gasteiger partial charge in [0.2, 0.25) is 0 Å². The number of carbonyl (C=O) groups excluding carboxylic acids is 2. The van der Waals surface area contributed by atoms with E-state index in [1.807, 2.05) is 37.3 Å². The van der Waals surface area contributed by atoms with E-state index in [2.05, 4.69) is 5.32 Å². The predicted molar refractivity (Wildman–Crippen MR) is 84.4 cm³/mol. The average Bonchev–Trinajstić information content (AvgIpc) is 2.46. The van der Waals surface area contributed by atoms with E-state index in [0.29, 0.717) is 11.1 Å². The topological polar surface area (TPSA) is 46.2 Å². The van der Waals surface area contributed by atoms with Crippen LogP contribution in [0.15, 0.2) is 66.4 Å². The molecule has 0 spiro atoms. The Labute approximate surface area is 124 Å². The highest BCUT2D eigenvalue weighted by Gasteiger charge is 2.08. The van der Waals surface area contributed by atoms with E-state index >= 15 is 0 Å². The number of carbonyl (C=O) groups is 2. The summed E-state index contributed by atoms with van der Waals surface area (Å²) in [5.41, 5.74) is 2.80. The number of anilines is 1. The smallest absolute Gasteiger partial charge is 0.193 e. The van der Waals surface area contributed by atoms with Crippen LogP contribution in [0.1, 0.15) is 29.8 Å². The molecule has 0 atom stereocenters. The van der Waals surface area contributed by atoms with Crippen molar-refractivity contribution in [2.75, 3.05) is 5.32 Å². The molecule has 21 heavy (non-hydrogen) atoms. The molecule has 0 radical (unpaired) electrons. The van der Waals surface area contributed by atoms with Gasteiger partial charge in [-0.1, -0.05) is 42.5 Å². The van der Waals surface area contributed by atoms with Crippen molar-refractivity contribution in [3.05, 3.63) is 77.5 Å². The molecule has 2 aromatic carbocycles. The first-order valence-corrected chi connectivity index (χ1v) is 6.72. The summed E-state index contributed by atoms with van der Waals surface area (Å²) >= 11 is 0. The van der Waals surface area contributed by atoms with Gasteiger partial charge in [-0.25, -0.2) is 0 Å². The van der Waals surface area contributed by atoms with Crippen LogP contribution >= 0.6 is 0 Å². The second-order valence-corrected chi connectivity index (χ2v) is 4.84. The third kappa shape index (κ3) is 4.14.